The first-order valence-electron chi connectivity index (χ1n) is 6.25. The van der Waals surface area contributed by atoms with Crippen LogP contribution in [0, 0.1) is 0 Å². The van der Waals surface area contributed by atoms with Crippen molar-refractivity contribution in [3.05, 3.63) is 45.8 Å². The molecule has 0 amide bonds. The largest absolute Gasteiger partial charge is 0.464 e. The van der Waals surface area contributed by atoms with Gasteiger partial charge in [0.2, 0.25) is 0 Å². The number of nitrogens with two attached hydrogens (primary N) is 1. The Morgan fingerprint density at radius 2 is 2.15 bits per heavy atom. The molecule has 5 nitrogen and oxygen atoms in total. The van der Waals surface area contributed by atoms with E-state index in [2.05, 4.69) is 20.9 Å². The Bertz CT molecular complexity index is 637. The van der Waals surface area contributed by atoms with Gasteiger partial charge >= 0.3 is 5.97 Å². The normalized spacial score (nSPS) is 10.6. The molecule has 0 bridgehead atoms. The van der Waals surface area contributed by atoms with Crippen LogP contribution in [0.25, 0.3) is 0 Å². The summed E-state index contributed by atoms with van der Waals surface area (Å²) in [6, 6.07) is 7.88. The van der Waals surface area contributed by atoms with E-state index >= 15 is 0 Å². The van der Waals surface area contributed by atoms with Gasteiger partial charge in [0.15, 0.2) is 5.69 Å². The van der Waals surface area contributed by atoms with Crippen LogP contribution in [0.5, 0.6) is 0 Å². The molecule has 0 saturated carbocycles. The number of hydrogen-bond acceptors (Lipinski definition) is 4. The van der Waals surface area contributed by atoms with Crippen molar-refractivity contribution in [3.63, 3.8) is 0 Å². The molecule has 20 heavy (non-hydrogen) atoms. The quantitative estimate of drug-likeness (QED) is 0.870. The number of halogens is 1. The van der Waals surface area contributed by atoms with Crippen LogP contribution in [0.15, 0.2) is 28.7 Å². The van der Waals surface area contributed by atoms with Crippen LogP contribution < -0.4 is 5.73 Å². The number of rotatable bonds is 4. The summed E-state index contributed by atoms with van der Waals surface area (Å²) in [6.45, 7) is 2.53. The van der Waals surface area contributed by atoms with Gasteiger partial charge in [0.05, 0.1) is 13.7 Å². The van der Waals surface area contributed by atoms with Crippen molar-refractivity contribution < 1.29 is 9.53 Å². The van der Waals surface area contributed by atoms with E-state index in [0.29, 0.717) is 18.8 Å². The summed E-state index contributed by atoms with van der Waals surface area (Å²) < 4.78 is 7.53. The fourth-order valence-corrected chi connectivity index (χ4v) is 2.41. The van der Waals surface area contributed by atoms with Crippen molar-refractivity contribution in [2.45, 2.75) is 19.9 Å². The number of nitrogens with zero attached hydrogens (tertiary/aromatic N) is 2. The summed E-state index contributed by atoms with van der Waals surface area (Å²) in [5.41, 5.74) is 7.29. The van der Waals surface area contributed by atoms with E-state index in [0.717, 1.165) is 15.9 Å². The monoisotopic (exact) mass is 337 g/mol. The highest BCUT2D eigenvalue weighted by Gasteiger charge is 2.20. The van der Waals surface area contributed by atoms with Gasteiger partial charge in [-0.3, -0.25) is 0 Å². The van der Waals surface area contributed by atoms with Crippen LogP contribution in [0.2, 0.25) is 0 Å². The van der Waals surface area contributed by atoms with Gasteiger partial charge in [0.25, 0.3) is 0 Å². The first-order valence-corrected chi connectivity index (χ1v) is 7.04. The van der Waals surface area contributed by atoms with Crippen LogP contribution in [-0.4, -0.2) is 22.6 Å². The predicted molar refractivity (Wildman–Crippen MR) is 80.6 cm³/mol. The molecule has 0 atom stereocenters. The fraction of sp³-hybridized carbons (Fsp3) is 0.286. The number of carbonyl (C=O) groups excluding carboxylic acids is 1. The lowest BCUT2D eigenvalue weighted by Crippen LogP contribution is -2.10. The maximum absolute atomic E-state index is 11.6. The third kappa shape index (κ3) is 2.70. The lowest BCUT2D eigenvalue weighted by atomic mass is 10.2. The summed E-state index contributed by atoms with van der Waals surface area (Å²) in [7, 11) is 1.32. The Hall–Kier alpha value is -1.82. The number of esters is 1. The van der Waals surface area contributed by atoms with E-state index in [4.69, 9.17) is 10.5 Å². The Labute approximate surface area is 125 Å². The van der Waals surface area contributed by atoms with Crippen LogP contribution in [-0.2, 0) is 17.7 Å². The molecule has 1 heterocycles. The molecule has 0 saturated heterocycles. The van der Waals surface area contributed by atoms with Crippen LogP contribution in [0.4, 0.5) is 5.82 Å². The van der Waals surface area contributed by atoms with Crippen LogP contribution >= 0.6 is 15.9 Å². The zero-order valence-corrected chi connectivity index (χ0v) is 13.0. The molecule has 1 aromatic carbocycles. The second-order valence-corrected chi connectivity index (χ2v) is 5.14. The average Bonchev–Trinajstić information content (AvgIpc) is 2.77. The number of benzene rings is 1. The summed E-state index contributed by atoms with van der Waals surface area (Å²) >= 11 is 3.51. The number of methoxy groups -OCH3 is 1. The summed E-state index contributed by atoms with van der Waals surface area (Å²) in [4.78, 5) is 15.9. The predicted octanol–water partition coefficient (Wildman–Crippen LogP) is 2.63. The van der Waals surface area contributed by atoms with Crippen molar-refractivity contribution >= 4 is 27.7 Å². The van der Waals surface area contributed by atoms with Gasteiger partial charge in [-0.05, 0) is 11.6 Å². The van der Waals surface area contributed by atoms with Crippen LogP contribution in [0.3, 0.4) is 0 Å². The molecule has 0 aliphatic carbocycles. The Morgan fingerprint density at radius 1 is 1.45 bits per heavy atom. The molecule has 1 aromatic heterocycles. The number of nitrogen functional groups attached to an aromatic ring is 1. The van der Waals surface area contributed by atoms with Gasteiger partial charge in [0, 0.05) is 10.9 Å². The zero-order valence-electron chi connectivity index (χ0n) is 11.4. The number of hydrogen-bond donors (Lipinski definition) is 1. The minimum atomic E-state index is -0.511. The smallest absolute Gasteiger partial charge is 0.360 e. The SMILES string of the molecule is CCc1nc(C(=O)OC)c(N)n1Cc1ccccc1Br. The third-order valence-electron chi connectivity index (χ3n) is 3.07. The van der Waals surface area contributed by atoms with E-state index < -0.39 is 5.97 Å². The van der Waals surface area contributed by atoms with Crippen LogP contribution in [0.1, 0.15) is 28.8 Å². The van der Waals surface area contributed by atoms with Crippen molar-refractivity contribution in [3.8, 4) is 0 Å². The minimum Gasteiger partial charge on any atom is -0.464 e. The molecule has 0 radical (unpaired) electrons. The molecule has 0 aliphatic rings. The number of aryl methyl sites for hydroxylation is 1. The second-order valence-electron chi connectivity index (χ2n) is 4.28. The lowest BCUT2D eigenvalue weighted by Gasteiger charge is -2.10. The molecule has 0 fully saturated rings. The first kappa shape index (κ1) is 14.6. The molecule has 6 heteroatoms. The number of anilines is 1. The Balaban J connectivity index is 2.43. The highest BCUT2D eigenvalue weighted by molar-refractivity contribution is 9.10. The highest BCUT2D eigenvalue weighted by Crippen LogP contribution is 2.22. The highest BCUT2D eigenvalue weighted by atomic mass is 79.9. The van der Waals surface area contributed by atoms with E-state index in [9.17, 15) is 4.79 Å². The molecule has 0 spiro atoms. The van der Waals surface area contributed by atoms with Gasteiger partial charge in [-0.15, -0.1) is 0 Å². The maximum Gasteiger partial charge on any atom is 0.360 e. The number of ether oxygens (including phenoxy) is 1. The molecule has 2 N–H and O–H groups in total. The molecule has 0 aliphatic heterocycles. The van der Waals surface area contributed by atoms with Crippen molar-refractivity contribution in [2.24, 2.45) is 0 Å². The maximum atomic E-state index is 11.6. The average molecular weight is 338 g/mol. The van der Waals surface area contributed by atoms with Crippen molar-refractivity contribution in [1.29, 1.82) is 0 Å². The summed E-state index contributed by atoms with van der Waals surface area (Å²) in [5, 5.41) is 0. The van der Waals surface area contributed by atoms with Gasteiger partial charge in [-0.2, -0.15) is 0 Å². The number of imidazole rings is 1. The summed E-state index contributed by atoms with van der Waals surface area (Å²) in [5.74, 6) is 0.589. The topological polar surface area (TPSA) is 70.1 Å². The van der Waals surface area contributed by atoms with E-state index in [-0.39, 0.29) is 5.69 Å². The minimum absolute atomic E-state index is 0.177. The third-order valence-corrected chi connectivity index (χ3v) is 3.84. The van der Waals surface area contributed by atoms with Gasteiger partial charge < -0.3 is 15.0 Å². The van der Waals surface area contributed by atoms with Gasteiger partial charge in [-0.1, -0.05) is 41.1 Å². The van der Waals surface area contributed by atoms with Gasteiger partial charge in [-0.25, -0.2) is 9.78 Å². The molecule has 106 valence electrons. The first-order chi connectivity index (χ1) is 9.58. The van der Waals surface area contributed by atoms with E-state index in [1.54, 1.807) is 0 Å². The lowest BCUT2D eigenvalue weighted by molar-refractivity contribution is 0.0595. The Kier molecular flexibility index (Phi) is 4.44. The number of carbonyl (C=O) groups is 1. The number of aromatic nitrogens is 2. The molecule has 2 rings (SSSR count). The fourth-order valence-electron chi connectivity index (χ4n) is 2.00. The second kappa shape index (κ2) is 6.09. The standard InChI is InChI=1S/C14H16BrN3O2/c1-3-11-17-12(14(19)20-2)13(16)18(11)8-9-6-4-5-7-10(9)15/h4-7H,3,8,16H2,1-2H3. The van der Waals surface area contributed by atoms with Crippen molar-refractivity contribution in [1.82, 2.24) is 9.55 Å². The summed E-state index contributed by atoms with van der Waals surface area (Å²) in [6.07, 6.45) is 0.686. The Morgan fingerprint density at radius 3 is 2.75 bits per heavy atom. The molecular weight excluding hydrogens is 322 g/mol. The molecule has 0 unspecified atom stereocenters. The van der Waals surface area contributed by atoms with Crippen molar-refractivity contribution in [2.75, 3.05) is 12.8 Å². The zero-order chi connectivity index (χ0) is 14.7. The molecular formula is C14H16BrN3O2. The van der Waals surface area contributed by atoms with E-state index in [1.807, 2.05) is 35.8 Å². The van der Waals surface area contributed by atoms with E-state index in [1.165, 1.54) is 7.11 Å². The van der Waals surface area contributed by atoms with Gasteiger partial charge in [0.1, 0.15) is 11.6 Å². The molecule has 2 aromatic rings.